The van der Waals surface area contributed by atoms with Gasteiger partial charge in [-0.05, 0) is 62.3 Å². The second-order valence-corrected chi connectivity index (χ2v) is 9.08. The number of hydrogen-bond acceptors (Lipinski definition) is 3. The van der Waals surface area contributed by atoms with E-state index in [1.807, 2.05) is 24.3 Å². The van der Waals surface area contributed by atoms with Gasteiger partial charge in [0.15, 0.2) is 0 Å². The lowest BCUT2D eigenvalue weighted by Gasteiger charge is -2.27. The van der Waals surface area contributed by atoms with E-state index in [1.165, 1.54) is 77.0 Å². The number of hydrogen-bond donors (Lipinski definition) is 0. The summed E-state index contributed by atoms with van der Waals surface area (Å²) in [6.07, 6.45) is 18.6. The zero-order valence-corrected chi connectivity index (χ0v) is 19.5. The molecule has 30 heavy (non-hydrogen) atoms. The van der Waals surface area contributed by atoms with Crippen LogP contribution in [0.4, 0.5) is 0 Å². The summed E-state index contributed by atoms with van der Waals surface area (Å²) in [5, 5.41) is 0. The summed E-state index contributed by atoms with van der Waals surface area (Å²) in [7, 11) is 0. The maximum atomic E-state index is 12.5. The predicted octanol–water partition coefficient (Wildman–Crippen LogP) is 8.11. The van der Waals surface area contributed by atoms with E-state index in [-0.39, 0.29) is 11.9 Å². The van der Waals surface area contributed by atoms with Gasteiger partial charge >= 0.3 is 5.97 Å². The number of carbonyl (C=O) groups excluding carboxylic acids is 1. The van der Waals surface area contributed by atoms with Crippen LogP contribution >= 0.6 is 0 Å². The van der Waals surface area contributed by atoms with E-state index in [9.17, 15) is 4.79 Å². The molecule has 1 aromatic carbocycles. The minimum atomic E-state index is -0.0546. The number of benzene rings is 1. The van der Waals surface area contributed by atoms with Crippen molar-refractivity contribution < 1.29 is 14.3 Å². The summed E-state index contributed by atoms with van der Waals surface area (Å²) < 4.78 is 11.4. The van der Waals surface area contributed by atoms with Crippen LogP contribution in [0, 0.1) is 11.8 Å². The lowest BCUT2D eigenvalue weighted by atomic mass is 9.80. The molecule has 0 radical (unpaired) electrons. The van der Waals surface area contributed by atoms with Gasteiger partial charge in [-0.25, -0.2) is 0 Å². The summed E-state index contributed by atoms with van der Waals surface area (Å²) in [4.78, 5) is 12.5. The van der Waals surface area contributed by atoms with E-state index in [0.29, 0.717) is 5.75 Å². The SMILES string of the molecule is CCCCCCCOc1ccc(OC(=O)C2CCC(CCCCCCC)CC2)cc1. The van der Waals surface area contributed by atoms with E-state index in [0.717, 1.165) is 37.5 Å². The van der Waals surface area contributed by atoms with E-state index in [4.69, 9.17) is 9.47 Å². The predicted molar refractivity (Wildman–Crippen MR) is 125 cm³/mol. The molecule has 3 nitrogen and oxygen atoms in total. The Hall–Kier alpha value is -1.51. The highest BCUT2D eigenvalue weighted by molar-refractivity contribution is 5.75. The second-order valence-electron chi connectivity index (χ2n) is 9.08. The largest absolute Gasteiger partial charge is 0.494 e. The maximum Gasteiger partial charge on any atom is 0.314 e. The zero-order valence-electron chi connectivity index (χ0n) is 19.5. The van der Waals surface area contributed by atoms with Crippen LogP contribution in [0.25, 0.3) is 0 Å². The third kappa shape index (κ3) is 10.00. The van der Waals surface area contributed by atoms with Gasteiger partial charge in [-0.1, -0.05) is 78.1 Å². The van der Waals surface area contributed by atoms with Gasteiger partial charge in [-0.2, -0.15) is 0 Å². The van der Waals surface area contributed by atoms with Gasteiger partial charge in [0, 0.05) is 0 Å². The first-order chi connectivity index (χ1) is 14.7. The van der Waals surface area contributed by atoms with Gasteiger partial charge in [-0.3, -0.25) is 4.79 Å². The van der Waals surface area contributed by atoms with Gasteiger partial charge in [0.2, 0.25) is 0 Å². The van der Waals surface area contributed by atoms with Crippen molar-refractivity contribution >= 4 is 5.97 Å². The lowest BCUT2D eigenvalue weighted by Crippen LogP contribution is -2.25. The summed E-state index contributed by atoms with van der Waals surface area (Å²) in [5.74, 6) is 2.31. The van der Waals surface area contributed by atoms with E-state index >= 15 is 0 Å². The van der Waals surface area contributed by atoms with Crippen molar-refractivity contribution in [2.75, 3.05) is 6.61 Å². The Morgan fingerprint density at radius 2 is 1.33 bits per heavy atom. The van der Waals surface area contributed by atoms with Gasteiger partial charge < -0.3 is 9.47 Å². The van der Waals surface area contributed by atoms with Crippen molar-refractivity contribution in [2.24, 2.45) is 11.8 Å². The average molecular weight is 417 g/mol. The van der Waals surface area contributed by atoms with Gasteiger partial charge in [0.05, 0.1) is 12.5 Å². The molecular weight excluding hydrogens is 372 g/mol. The van der Waals surface area contributed by atoms with E-state index in [2.05, 4.69) is 13.8 Å². The fraction of sp³-hybridized carbons (Fsp3) is 0.741. The van der Waals surface area contributed by atoms with Gasteiger partial charge in [0.1, 0.15) is 11.5 Å². The van der Waals surface area contributed by atoms with E-state index in [1.54, 1.807) is 0 Å². The molecule has 0 heterocycles. The van der Waals surface area contributed by atoms with Crippen LogP contribution in [-0.2, 0) is 4.79 Å². The molecule has 0 N–H and O–H groups in total. The fourth-order valence-electron chi connectivity index (χ4n) is 4.42. The smallest absolute Gasteiger partial charge is 0.314 e. The van der Waals surface area contributed by atoms with Crippen LogP contribution in [0.5, 0.6) is 11.5 Å². The van der Waals surface area contributed by atoms with Crippen LogP contribution in [-0.4, -0.2) is 12.6 Å². The molecule has 0 atom stereocenters. The molecule has 0 spiro atoms. The minimum absolute atomic E-state index is 0.0546. The topological polar surface area (TPSA) is 35.5 Å². The van der Waals surface area contributed by atoms with E-state index < -0.39 is 0 Å². The molecular formula is C27H44O3. The quantitative estimate of drug-likeness (QED) is 0.164. The number of carbonyl (C=O) groups is 1. The Morgan fingerprint density at radius 1 is 0.767 bits per heavy atom. The molecule has 0 bridgehead atoms. The highest BCUT2D eigenvalue weighted by Crippen LogP contribution is 2.33. The third-order valence-electron chi connectivity index (χ3n) is 6.45. The molecule has 0 saturated heterocycles. The molecule has 3 heteroatoms. The Morgan fingerprint density at radius 3 is 1.97 bits per heavy atom. The van der Waals surface area contributed by atoms with Crippen LogP contribution < -0.4 is 9.47 Å². The van der Waals surface area contributed by atoms with Crippen LogP contribution in [0.15, 0.2) is 24.3 Å². The minimum Gasteiger partial charge on any atom is -0.494 e. The van der Waals surface area contributed by atoms with Crippen molar-refractivity contribution in [3.05, 3.63) is 24.3 Å². The van der Waals surface area contributed by atoms with Crippen LogP contribution in [0.3, 0.4) is 0 Å². The Bertz CT molecular complexity index is 558. The molecule has 0 aliphatic heterocycles. The Labute approximate surface area is 184 Å². The number of rotatable bonds is 15. The molecule has 1 aromatic rings. The molecule has 170 valence electrons. The molecule has 1 aliphatic rings. The fourth-order valence-corrected chi connectivity index (χ4v) is 4.42. The lowest BCUT2D eigenvalue weighted by molar-refractivity contribution is -0.140. The maximum absolute atomic E-state index is 12.5. The normalized spacial score (nSPS) is 18.9. The van der Waals surface area contributed by atoms with Crippen molar-refractivity contribution in [2.45, 2.75) is 110 Å². The summed E-state index contributed by atoms with van der Waals surface area (Å²) in [6, 6.07) is 7.52. The first-order valence-electron chi connectivity index (χ1n) is 12.7. The number of ether oxygens (including phenoxy) is 2. The Balaban J connectivity index is 1.60. The van der Waals surface area contributed by atoms with Gasteiger partial charge in [-0.15, -0.1) is 0 Å². The highest BCUT2D eigenvalue weighted by atomic mass is 16.5. The third-order valence-corrected chi connectivity index (χ3v) is 6.45. The van der Waals surface area contributed by atoms with Crippen molar-refractivity contribution in [3.63, 3.8) is 0 Å². The average Bonchev–Trinajstić information content (AvgIpc) is 2.77. The molecule has 1 saturated carbocycles. The molecule has 2 rings (SSSR count). The number of unbranched alkanes of at least 4 members (excludes halogenated alkanes) is 8. The molecule has 0 aromatic heterocycles. The van der Waals surface area contributed by atoms with Crippen LogP contribution in [0.1, 0.15) is 110 Å². The first-order valence-corrected chi connectivity index (χ1v) is 12.7. The molecule has 1 aliphatic carbocycles. The van der Waals surface area contributed by atoms with Crippen molar-refractivity contribution in [3.8, 4) is 11.5 Å². The standard InChI is InChI=1S/C27H44O3/c1-3-5-7-9-11-13-23-14-16-24(17-15-23)27(28)30-26-20-18-25(19-21-26)29-22-12-10-8-6-4-2/h18-21,23-24H,3-17,22H2,1-2H3. The zero-order chi connectivity index (χ0) is 21.4. The first kappa shape index (κ1) is 24.8. The summed E-state index contributed by atoms with van der Waals surface area (Å²) >= 11 is 0. The van der Waals surface area contributed by atoms with Crippen molar-refractivity contribution in [1.82, 2.24) is 0 Å². The van der Waals surface area contributed by atoms with Crippen molar-refractivity contribution in [1.29, 1.82) is 0 Å². The highest BCUT2D eigenvalue weighted by Gasteiger charge is 2.27. The molecule has 1 fully saturated rings. The molecule has 0 amide bonds. The van der Waals surface area contributed by atoms with Gasteiger partial charge in [0.25, 0.3) is 0 Å². The monoisotopic (exact) mass is 416 g/mol. The Kier molecular flexibility index (Phi) is 12.6. The summed E-state index contributed by atoms with van der Waals surface area (Å²) in [6.45, 7) is 5.25. The summed E-state index contributed by atoms with van der Waals surface area (Å²) in [5.41, 5.74) is 0. The molecule has 0 unspecified atom stereocenters. The van der Waals surface area contributed by atoms with Crippen LogP contribution in [0.2, 0.25) is 0 Å². The number of esters is 1. The second kappa shape index (κ2) is 15.3.